The van der Waals surface area contributed by atoms with E-state index in [9.17, 15) is 77.2 Å². The minimum atomic E-state index is -5.83. The topological polar surface area (TPSA) is 531 Å². The summed E-state index contributed by atoms with van der Waals surface area (Å²) >= 11 is 0. The van der Waals surface area contributed by atoms with Crippen LogP contribution >= 0.6 is 23.5 Å². The number of azide groups is 1. The van der Waals surface area contributed by atoms with Crippen molar-refractivity contribution in [1.82, 2.24) is 14.9 Å². The van der Waals surface area contributed by atoms with Crippen molar-refractivity contribution in [3.63, 3.8) is 0 Å². The number of Topliss-reactive ketones (excluding diaryl/α,β-unsaturated/α-hetero) is 1. The summed E-state index contributed by atoms with van der Waals surface area (Å²) in [6.45, 7) is -2.21. The standard InChI is InChI=1S/C35H52N7O27P3/c36-6-2-1-4-20(32(50)38-23(15-30(47)48)24(43)12-22(34(52)53)13-29(45)46)14-31(49)65-11-10-62-8-9-63-19-27(40-41-37)64-7-3-5-21-17-42(35(54)39-33(21)51)28-16-25(44)26(67-28)18-66-71(58,59)69-72(60,61)68-70(55,56)57/h17,20,22-23,25-28,44H,1-2,4,6-16,18-19,36H2,(H,38,50)(H,45,46)(H,47,48)(H,52,53)(H,58,59)(H,60,61)(H,39,51,54)(H2,55,56,57). The van der Waals surface area contributed by atoms with Crippen molar-refractivity contribution in [3.8, 4) is 11.8 Å². The number of rotatable bonds is 35. The van der Waals surface area contributed by atoms with Crippen molar-refractivity contribution in [3.05, 3.63) is 43.0 Å². The molecule has 1 saturated heterocycles. The number of aliphatic carboxylic acids is 3. The highest BCUT2D eigenvalue weighted by atomic mass is 31.3. The van der Waals surface area contributed by atoms with E-state index in [-0.39, 0.29) is 58.0 Å². The number of nitrogens with two attached hydrogens (primary N) is 1. The number of phosphoric acid groups is 3. The average molecular weight is 1100 g/mol. The molecule has 1 aliphatic heterocycles. The lowest BCUT2D eigenvalue weighted by Crippen LogP contribution is -2.46. The highest BCUT2D eigenvalue weighted by molar-refractivity contribution is 7.66. The molecule has 12 N–H and O–H groups in total. The highest BCUT2D eigenvalue weighted by Gasteiger charge is 2.43. The number of ketones is 1. The number of carbonyl (C=O) groups is 6. The molecule has 37 heteroatoms. The molecule has 2 rings (SSSR count). The minimum absolute atomic E-state index is 0.0677. The SMILES string of the molecule is [N-]=[N+]=NC(COCCOCCOC(=O)CC(CCCCN)C(=O)NC(CC(=O)O)C(=O)CC(CC(=O)O)C(=O)O)OCC#Cc1cn(C2CC(O)C(COP(=O)(O)OP(=O)(O)OP(=O)(O)O)O2)c(=O)[nH]c1=O. The molecule has 1 aromatic rings. The molecule has 0 aliphatic carbocycles. The summed E-state index contributed by atoms with van der Waals surface area (Å²) in [4.78, 5) is 138. The van der Waals surface area contributed by atoms with Crippen LogP contribution < -0.4 is 22.3 Å². The Kier molecular flexibility index (Phi) is 26.8. The normalized spacial score (nSPS) is 18.9. The van der Waals surface area contributed by atoms with Crippen LogP contribution in [-0.4, -0.2) is 162 Å². The van der Waals surface area contributed by atoms with Gasteiger partial charge in [0.1, 0.15) is 31.1 Å². The third kappa shape index (κ3) is 24.9. The first-order chi connectivity index (χ1) is 33.6. The number of hydrogen-bond acceptors (Lipinski definition) is 22. The first-order valence-corrected chi connectivity index (χ1v) is 25.3. The zero-order chi connectivity index (χ0) is 54.2. The van der Waals surface area contributed by atoms with E-state index < -0.39 is 152 Å². The lowest BCUT2D eigenvalue weighted by atomic mass is 9.93. The van der Waals surface area contributed by atoms with E-state index in [2.05, 4.69) is 40.3 Å². The van der Waals surface area contributed by atoms with E-state index in [4.69, 9.17) is 49.8 Å². The molecule has 9 unspecified atom stereocenters. The number of aromatic amines is 1. The fourth-order valence-corrected chi connectivity index (χ4v) is 9.06. The first kappa shape index (κ1) is 62.9. The van der Waals surface area contributed by atoms with Crippen LogP contribution in [0.15, 0.2) is 20.9 Å². The summed E-state index contributed by atoms with van der Waals surface area (Å²) in [5.41, 5.74) is 12.1. The molecule has 72 heavy (non-hydrogen) atoms. The lowest BCUT2D eigenvalue weighted by Gasteiger charge is -2.22. The fraction of sp³-hybridized carbons (Fsp3) is 0.657. The predicted octanol–water partition coefficient (Wildman–Crippen LogP) is -1.66. The van der Waals surface area contributed by atoms with Crippen molar-refractivity contribution in [1.29, 1.82) is 0 Å². The van der Waals surface area contributed by atoms with Gasteiger partial charge in [0.25, 0.3) is 5.56 Å². The van der Waals surface area contributed by atoms with Gasteiger partial charge in [-0.2, -0.15) is 8.62 Å². The molecule has 1 fully saturated rings. The van der Waals surface area contributed by atoms with Crippen molar-refractivity contribution in [2.75, 3.05) is 52.8 Å². The number of nitrogens with one attached hydrogen (secondary N) is 2. The number of phosphoric ester groups is 1. The summed E-state index contributed by atoms with van der Waals surface area (Å²) in [5.74, 6) is -5.40. The Balaban J connectivity index is 1.86. The molecule has 0 bridgehead atoms. The third-order valence-electron chi connectivity index (χ3n) is 9.27. The van der Waals surface area contributed by atoms with Crippen molar-refractivity contribution >= 4 is 59.0 Å². The molecule has 2 heterocycles. The van der Waals surface area contributed by atoms with Gasteiger partial charge < -0.3 is 74.7 Å². The van der Waals surface area contributed by atoms with Gasteiger partial charge in [0, 0.05) is 29.9 Å². The largest absolute Gasteiger partial charge is 0.490 e. The van der Waals surface area contributed by atoms with E-state index in [0.29, 0.717) is 12.8 Å². The number of H-pyrrole nitrogens is 1. The minimum Gasteiger partial charge on any atom is -0.481 e. The smallest absolute Gasteiger partial charge is 0.481 e. The maximum Gasteiger partial charge on any atom is 0.490 e. The number of unbranched alkanes of at least 4 members (excludes halogenated alkanes) is 1. The van der Waals surface area contributed by atoms with Gasteiger partial charge >= 0.3 is 53.0 Å². The zero-order valence-corrected chi connectivity index (χ0v) is 40.2. The molecule has 0 radical (unpaired) electrons. The number of nitrogens with zero attached hydrogens (tertiary/aromatic N) is 4. The van der Waals surface area contributed by atoms with Crippen LogP contribution in [0.25, 0.3) is 10.4 Å². The van der Waals surface area contributed by atoms with Crippen LogP contribution in [0.5, 0.6) is 0 Å². The number of carboxylic acids is 3. The van der Waals surface area contributed by atoms with Crippen LogP contribution in [-0.2, 0) is 79.3 Å². The first-order valence-electron chi connectivity index (χ1n) is 20.8. The van der Waals surface area contributed by atoms with E-state index in [1.54, 1.807) is 0 Å². The van der Waals surface area contributed by atoms with Crippen LogP contribution in [0.4, 0.5) is 0 Å². The Morgan fingerprint density at radius 1 is 0.931 bits per heavy atom. The summed E-state index contributed by atoms with van der Waals surface area (Å²) in [6.07, 6.45) is -7.48. The van der Waals surface area contributed by atoms with Crippen molar-refractivity contribution in [2.45, 2.75) is 82.1 Å². The quantitative estimate of drug-likeness (QED) is 0.00689. The maximum absolute atomic E-state index is 13.2. The molecule has 1 amide bonds. The number of hydrogen-bond donors (Lipinski definition) is 11. The fourth-order valence-electron chi connectivity index (χ4n) is 6.03. The van der Waals surface area contributed by atoms with E-state index in [1.165, 1.54) is 0 Å². The Hall–Kier alpha value is -5.26. The van der Waals surface area contributed by atoms with E-state index >= 15 is 0 Å². The number of carboxylic acid groups (broad SMARTS) is 3. The van der Waals surface area contributed by atoms with Gasteiger partial charge in [0.15, 0.2) is 12.0 Å². The Bertz CT molecular complexity index is 2430. The number of aliphatic hydroxyl groups excluding tert-OH is 1. The van der Waals surface area contributed by atoms with E-state index in [0.717, 1.165) is 10.8 Å². The number of ether oxygens (including phenoxy) is 5. The van der Waals surface area contributed by atoms with Crippen LogP contribution in [0, 0.1) is 23.7 Å². The lowest BCUT2D eigenvalue weighted by molar-refractivity contribution is -0.150. The van der Waals surface area contributed by atoms with Gasteiger partial charge in [-0.3, -0.25) is 47.6 Å². The Labute approximate surface area is 405 Å². The average Bonchev–Trinajstić information content (AvgIpc) is 3.62. The maximum atomic E-state index is 13.2. The Morgan fingerprint density at radius 2 is 1.60 bits per heavy atom. The number of esters is 1. The molecule has 0 saturated carbocycles. The van der Waals surface area contributed by atoms with Crippen molar-refractivity contribution < 1.29 is 119 Å². The molecule has 0 spiro atoms. The van der Waals surface area contributed by atoms with Crippen molar-refractivity contribution in [2.24, 2.45) is 22.7 Å². The molecular weight excluding hydrogens is 1040 g/mol. The van der Waals surface area contributed by atoms with Crippen LogP contribution in [0.2, 0.25) is 0 Å². The van der Waals surface area contributed by atoms with Crippen LogP contribution in [0.3, 0.4) is 0 Å². The second-order valence-corrected chi connectivity index (χ2v) is 19.3. The summed E-state index contributed by atoms with van der Waals surface area (Å²) in [6, 6.07) is -1.73. The number of amides is 1. The molecule has 9 atom stereocenters. The third-order valence-corrected chi connectivity index (χ3v) is 13.1. The molecule has 0 aromatic carbocycles. The summed E-state index contributed by atoms with van der Waals surface area (Å²) < 4.78 is 73.5. The number of aromatic nitrogens is 2. The van der Waals surface area contributed by atoms with Gasteiger partial charge in [-0.25, -0.2) is 18.5 Å². The second kappa shape index (κ2) is 30.7. The molecular formula is C35H52N7O27P3. The molecule has 34 nitrogen and oxygen atoms in total. The molecule has 1 aromatic heterocycles. The van der Waals surface area contributed by atoms with Gasteiger partial charge in [-0.15, -0.1) is 0 Å². The van der Waals surface area contributed by atoms with Gasteiger partial charge in [0.05, 0.1) is 70.4 Å². The van der Waals surface area contributed by atoms with Gasteiger partial charge in [0.2, 0.25) is 5.91 Å². The molecule has 1 aliphatic rings. The van der Waals surface area contributed by atoms with Gasteiger partial charge in [-0.05, 0) is 24.9 Å². The number of aliphatic hydroxyl groups is 1. The van der Waals surface area contributed by atoms with E-state index in [1.807, 2.05) is 4.98 Å². The predicted molar refractivity (Wildman–Crippen MR) is 232 cm³/mol. The zero-order valence-electron chi connectivity index (χ0n) is 37.5. The second-order valence-electron chi connectivity index (χ2n) is 14.9. The Morgan fingerprint density at radius 3 is 2.22 bits per heavy atom. The molecule has 404 valence electrons. The van der Waals surface area contributed by atoms with Gasteiger partial charge in [-0.1, -0.05) is 23.4 Å². The summed E-state index contributed by atoms with van der Waals surface area (Å²) in [5, 5.41) is 43.6. The summed E-state index contributed by atoms with van der Waals surface area (Å²) in [7, 11) is -17.1. The monoisotopic (exact) mass is 1100 g/mol. The van der Waals surface area contributed by atoms with Crippen LogP contribution in [0.1, 0.15) is 63.2 Å². The highest BCUT2D eigenvalue weighted by Crippen LogP contribution is 2.66. The number of carbonyl (C=O) groups excluding carboxylic acids is 3.